The topological polar surface area (TPSA) is 55.1 Å². The summed E-state index contributed by atoms with van der Waals surface area (Å²) in [6, 6.07) is 13.1. The fraction of sp³-hybridized carbons (Fsp3) is 0.133. The second-order valence-electron chi connectivity index (χ2n) is 4.38. The third-order valence-electron chi connectivity index (χ3n) is 2.91. The summed E-state index contributed by atoms with van der Waals surface area (Å²) in [6.07, 6.45) is 0.260. The van der Waals surface area contributed by atoms with E-state index in [1.165, 1.54) is 0 Å². The van der Waals surface area contributed by atoms with Crippen molar-refractivity contribution < 1.29 is 4.79 Å². The van der Waals surface area contributed by atoms with Crippen LogP contribution in [-0.4, -0.2) is 5.91 Å². The molecule has 0 atom stereocenters. The number of nitrogens with one attached hydrogen (secondary N) is 1. The van der Waals surface area contributed by atoms with Crippen molar-refractivity contribution in [1.82, 2.24) is 5.43 Å². The van der Waals surface area contributed by atoms with Gasteiger partial charge in [0.15, 0.2) is 0 Å². The Morgan fingerprint density at radius 2 is 1.86 bits per heavy atom. The summed E-state index contributed by atoms with van der Waals surface area (Å²) in [7, 11) is 0. The maximum atomic E-state index is 11.4. The van der Waals surface area contributed by atoms with Crippen molar-refractivity contribution in [3.8, 4) is 0 Å². The standard InChI is InChI=1S/C15H14Cl2N2OS/c16-12-5-6-13(17)14(8-12)21-9-11-4-2-1-3-10(11)7-15(20)19-18/h1-6,8H,7,9,18H2,(H,19,20). The number of hydrogen-bond donors (Lipinski definition) is 2. The Morgan fingerprint density at radius 3 is 2.57 bits per heavy atom. The number of thioether (sulfide) groups is 1. The van der Waals surface area contributed by atoms with Gasteiger partial charge in [-0.15, -0.1) is 11.8 Å². The number of benzene rings is 2. The van der Waals surface area contributed by atoms with E-state index >= 15 is 0 Å². The molecule has 0 unspecified atom stereocenters. The molecule has 6 heteroatoms. The van der Waals surface area contributed by atoms with E-state index < -0.39 is 0 Å². The van der Waals surface area contributed by atoms with Crippen LogP contribution in [0.2, 0.25) is 10.0 Å². The largest absolute Gasteiger partial charge is 0.294 e. The first-order valence-electron chi connectivity index (χ1n) is 6.24. The molecule has 0 aliphatic carbocycles. The minimum atomic E-state index is -0.215. The van der Waals surface area contributed by atoms with Crippen LogP contribution in [0.4, 0.5) is 0 Å². The zero-order valence-corrected chi connectivity index (χ0v) is 13.4. The molecule has 0 saturated carbocycles. The van der Waals surface area contributed by atoms with Crippen molar-refractivity contribution >= 4 is 40.9 Å². The summed E-state index contributed by atoms with van der Waals surface area (Å²) in [5, 5.41) is 1.32. The van der Waals surface area contributed by atoms with E-state index in [1.54, 1.807) is 23.9 Å². The lowest BCUT2D eigenvalue weighted by molar-refractivity contribution is -0.120. The highest BCUT2D eigenvalue weighted by Gasteiger charge is 2.08. The molecule has 2 rings (SSSR count). The Hall–Kier alpha value is -1.20. The van der Waals surface area contributed by atoms with Gasteiger partial charge < -0.3 is 0 Å². The average molecular weight is 341 g/mol. The van der Waals surface area contributed by atoms with E-state index in [2.05, 4.69) is 5.43 Å². The summed E-state index contributed by atoms with van der Waals surface area (Å²) in [5.74, 6) is 5.62. The second kappa shape index (κ2) is 7.71. The van der Waals surface area contributed by atoms with Crippen LogP contribution in [-0.2, 0) is 17.0 Å². The average Bonchev–Trinajstić information content (AvgIpc) is 2.49. The SMILES string of the molecule is NNC(=O)Cc1ccccc1CSc1cc(Cl)ccc1Cl. The predicted molar refractivity (Wildman–Crippen MR) is 88.5 cm³/mol. The monoisotopic (exact) mass is 340 g/mol. The van der Waals surface area contributed by atoms with Gasteiger partial charge in [0, 0.05) is 15.7 Å². The normalized spacial score (nSPS) is 10.4. The molecule has 3 nitrogen and oxygen atoms in total. The van der Waals surface area contributed by atoms with Crippen molar-refractivity contribution in [3.63, 3.8) is 0 Å². The first-order valence-corrected chi connectivity index (χ1v) is 7.98. The first-order chi connectivity index (χ1) is 10.1. The Bertz CT molecular complexity index is 649. The van der Waals surface area contributed by atoms with Gasteiger partial charge in [-0.3, -0.25) is 10.2 Å². The van der Waals surface area contributed by atoms with Gasteiger partial charge in [-0.2, -0.15) is 0 Å². The first kappa shape index (κ1) is 16.2. The molecule has 0 aliphatic rings. The van der Waals surface area contributed by atoms with E-state index in [4.69, 9.17) is 29.0 Å². The van der Waals surface area contributed by atoms with Crippen molar-refractivity contribution in [2.24, 2.45) is 5.84 Å². The molecule has 0 spiro atoms. The lowest BCUT2D eigenvalue weighted by atomic mass is 10.1. The fourth-order valence-electron chi connectivity index (χ4n) is 1.84. The van der Waals surface area contributed by atoms with Crippen LogP contribution in [0.5, 0.6) is 0 Å². The minimum absolute atomic E-state index is 0.215. The Labute approximate surface area is 137 Å². The lowest BCUT2D eigenvalue weighted by Crippen LogP contribution is -2.31. The molecule has 3 N–H and O–H groups in total. The van der Waals surface area contributed by atoms with Crippen LogP contribution in [0.3, 0.4) is 0 Å². The van der Waals surface area contributed by atoms with Crippen LogP contribution in [0.15, 0.2) is 47.4 Å². The number of halogens is 2. The van der Waals surface area contributed by atoms with Gasteiger partial charge in [0.05, 0.1) is 11.4 Å². The molecule has 0 radical (unpaired) electrons. The summed E-state index contributed by atoms with van der Waals surface area (Å²) in [5.41, 5.74) is 4.17. The van der Waals surface area contributed by atoms with Gasteiger partial charge in [-0.05, 0) is 29.3 Å². The quantitative estimate of drug-likeness (QED) is 0.376. The van der Waals surface area contributed by atoms with Crippen LogP contribution >= 0.6 is 35.0 Å². The van der Waals surface area contributed by atoms with Gasteiger partial charge in [0.1, 0.15) is 0 Å². The molecule has 0 aromatic heterocycles. The highest BCUT2D eigenvalue weighted by molar-refractivity contribution is 7.98. The number of carbonyl (C=O) groups excluding carboxylic acids is 1. The van der Waals surface area contributed by atoms with E-state index in [0.717, 1.165) is 16.0 Å². The molecule has 110 valence electrons. The third kappa shape index (κ3) is 4.64. The molecular formula is C15H14Cl2N2OS. The Balaban J connectivity index is 2.13. The Kier molecular flexibility index (Phi) is 5.94. The van der Waals surface area contributed by atoms with Crippen molar-refractivity contribution in [3.05, 3.63) is 63.6 Å². The second-order valence-corrected chi connectivity index (χ2v) is 6.24. The number of rotatable bonds is 5. The van der Waals surface area contributed by atoms with Crippen LogP contribution in [0, 0.1) is 0 Å². The molecule has 0 bridgehead atoms. The number of hydrogen-bond acceptors (Lipinski definition) is 3. The summed E-state index contributed by atoms with van der Waals surface area (Å²) in [6.45, 7) is 0. The molecule has 21 heavy (non-hydrogen) atoms. The van der Waals surface area contributed by atoms with Gasteiger partial charge in [0.25, 0.3) is 0 Å². The van der Waals surface area contributed by atoms with Gasteiger partial charge >= 0.3 is 0 Å². The minimum Gasteiger partial charge on any atom is -0.294 e. The molecule has 0 fully saturated rings. The van der Waals surface area contributed by atoms with E-state index in [1.807, 2.05) is 30.3 Å². The molecule has 0 aliphatic heterocycles. The van der Waals surface area contributed by atoms with Crippen molar-refractivity contribution in [2.45, 2.75) is 17.1 Å². The van der Waals surface area contributed by atoms with E-state index in [-0.39, 0.29) is 12.3 Å². The van der Waals surface area contributed by atoms with Gasteiger partial charge in [0.2, 0.25) is 5.91 Å². The lowest BCUT2D eigenvalue weighted by Gasteiger charge is -2.09. The van der Waals surface area contributed by atoms with Crippen LogP contribution in [0.25, 0.3) is 0 Å². The number of amides is 1. The maximum Gasteiger partial charge on any atom is 0.238 e. The molecule has 0 heterocycles. The molecule has 2 aromatic carbocycles. The Morgan fingerprint density at radius 1 is 1.14 bits per heavy atom. The van der Waals surface area contributed by atoms with E-state index in [9.17, 15) is 4.79 Å². The van der Waals surface area contributed by atoms with Gasteiger partial charge in [-0.1, -0.05) is 47.5 Å². The van der Waals surface area contributed by atoms with Crippen LogP contribution in [0.1, 0.15) is 11.1 Å². The number of carbonyl (C=O) groups is 1. The number of hydrazine groups is 1. The van der Waals surface area contributed by atoms with Crippen LogP contribution < -0.4 is 11.3 Å². The zero-order chi connectivity index (χ0) is 15.2. The summed E-state index contributed by atoms with van der Waals surface area (Å²) < 4.78 is 0. The molecule has 2 aromatic rings. The molecular weight excluding hydrogens is 327 g/mol. The fourth-order valence-corrected chi connectivity index (χ4v) is 3.36. The summed E-state index contributed by atoms with van der Waals surface area (Å²) in [4.78, 5) is 12.3. The molecule has 1 amide bonds. The highest BCUT2D eigenvalue weighted by atomic mass is 35.5. The number of nitrogens with two attached hydrogens (primary N) is 1. The van der Waals surface area contributed by atoms with Gasteiger partial charge in [-0.25, -0.2) is 5.84 Å². The third-order valence-corrected chi connectivity index (χ3v) is 4.69. The maximum absolute atomic E-state index is 11.4. The molecule has 0 saturated heterocycles. The predicted octanol–water partition coefficient (Wildman–Crippen LogP) is 3.82. The van der Waals surface area contributed by atoms with Crippen molar-refractivity contribution in [2.75, 3.05) is 0 Å². The zero-order valence-electron chi connectivity index (χ0n) is 11.1. The summed E-state index contributed by atoms with van der Waals surface area (Å²) >= 11 is 13.7. The smallest absolute Gasteiger partial charge is 0.238 e. The van der Waals surface area contributed by atoms with Crippen molar-refractivity contribution in [1.29, 1.82) is 0 Å². The highest BCUT2D eigenvalue weighted by Crippen LogP contribution is 2.32. The van der Waals surface area contributed by atoms with E-state index in [0.29, 0.717) is 15.8 Å².